The predicted molar refractivity (Wildman–Crippen MR) is 151 cm³/mol. The van der Waals surface area contributed by atoms with Gasteiger partial charge in [-0.15, -0.1) is 0 Å². The number of para-hydroxylation sites is 2. The largest absolute Gasteiger partial charge is 0.354 e. The van der Waals surface area contributed by atoms with Gasteiger partial charge in [0.1, 0.15) is 0 Å². The summed E-state index contributed by atoms with van der Waals surface area (Å²) < 4.78 is 2.32. The fourth-order valence-corrected chi connectivity index (χ4v) is 5.86. The summed E-state index contributed by atoms with van der Waals surface area (Å²) in [6.07, 6.45) is 3.76. The maximum absolute atomic E-state index is 4.41. The Labute approximate surface area is 207 Å². The summed E-state index contributed by atoms with van der Waals surface area (Å²) in [7, 11) is 0. The van der Waals surface area contributed by atoms with Crippen LogP contribution in [0.3, 0.4) is 0 Å². The first kappa shape index (κ1) is 19.4. The number of H-pyrrole nitrogens is 1. The van der Waals surface area contributed by atoms with Crippen LogP contribution >= 0.6 is 0 Å². The summed E-state index contributed by atoms with van der Waals surface area (Å²) in [6.45, 7) is 0. The van der Waals surface area contributed by atoms with Crippen molar-refractivity contribution < 1.29 is 0 Å². The molecule has 0 radical (unpaired) electrons. The summed E-state index contributed by atoms with van der Waals surface area (Å²) in [4.78, 5) is 8.07. The van der Waals surface area contributed by atoms with Crippen molar-refractivity contribution in [1.82, 2.24) is 14.5 Å². The van der Waals surface area contributed by atoms with E-state index < -0.39 is 0 Å². The number of rotatable bonds is 2. The van der Waals surface area contributed by atoms with Gasteiger partial charge in [-0.1, -0.05) is 72.8 Å². The van der Waals surface area contributed by atoms with E-state index in [0.29, 0.717) is 0 Å². The van der Waals surface area contributed by atoms with Crippen molar-refractivity contribution in [3.8, 4) is 16.8 Å². The zero-order chi connectivity index (χ0) is 23.6. The molecule has 168 valence electrons. The number of aromatic nitrogens is 3. The first-order valence-corrected chi connectivity index (χ1v) is 12.2. The van der Waals surface area contributed by atoms with Gasteiger partial charge in [-0.3, -0.25) is 4.98 Å². The monoisotopic (exact) mass is 459 g/mol. The van der Waals surface area contributed by atoms with E-state index in [2.05, 4.69) is 118 Å². The van der Waals surface area contributed by atoms with E-state index in [-0.39, 0.29) is 0 Å². The lowest BCUT2D eigenvalue weighted by Crippen LogP contribution is -1.94. The molecule has 8 rings (SSSR count). The Kier molecular flexibility index (Phi) is 3.94. The van der Waals surface area contributed by atoms with E-state index in [0.717, 1.165) is 11.2 Å². The molecule has 0 saturated carbocycles. The minimum absolute atomic E-state index is 1.07. The van der Waals surface area contributed by atoms with E-state index in [1.54, 1.807) is 0 Å². The SMILES string of the molecule is c1cncc(-n2c3ccccc3c3ccc(-c4cc5[nH]c6ccccc6c5c5ccccc45)cc32)c1. The Bertz CT molecular complexity index is 2100. The van der Waals surface area contributed by atoms with Gasteiger partial charge in [0.05, 0.1) is 22.9 Å². The summed E-state index contributed by atoms with van der Waals surface area (Å²) in [5.74, 6) is 0. The highest BCUT2D eigenvalue weighted by molar-refractivity contribution is 6.23. The highest BCUT2D eigenvalue weighted by atomic mass is 15.0. The third-order valence-electron chi connectivity index (χ3n) is 7.40. The molecule has 0 atom stereocenters. The molecule has 0 aliphatic carbocycles. The van der Waals surface area contributed by atoms with Crippen LogP contribution in [0.25, 0.3) is 71.2 Å². The van der Waals surface area contributed by atoms with Crippen LogP contribution in [-0.4, -0.2) is 14.5 Å². The molecule has 3 heterocycles. The number of aromatic amines is 1. The van der Waals surface area contributed by atoms with Gasteiger partial charge in [-0.2, -0.15) is 0 Å². The molecule has 3 nitrogen and oxygen atoms in total. The highest BCUT2D eigenvalue weighted by Crippen LogP contribution is 2.40. The van der Waals surface area contributed by atoms with Crippen LogP contribution in [0.15, 0.2) is 122 Å². The number of hydrogen-bond donors (Lipinski definition) is 1. The second kappa shape index (κ2) is 7.30. The van der Waals surface area contributed by atoms with Crippen LogP contribution in [0.1, 0.15) is 0 Å². The molecule has 5 aromatic carbocycles. The van der Waals surface area contributed by atoms with Crippen molar-refractivity contribution in [1.29, 1.82) is 0 Å². The van der Waals surface area contributed by atoms with E-state index in [4.69, 9.17) is 0 Å². The molecule has 0 aliphatic rings. The molecule has 0 saturated heterocycles. The molecule has 1 N–H and O–H groups in total. The second-order valence-corrected chi connectivity index (χ2v) is 9.36. The Morgan fingerprint density at radius 3 is 2.17 bits per heavy atom. The molecule has 0 bridgehead atoms. The minimum Gasteiger partial charge on any atom is -0.354 e. The quantitative estimate of drug-likeness (QED) is 0.276. The first-order chi connectivity index (χ1) is 17.9. The molecule has 3 heteroatoms. The molecule has 36 heavy (non-hydrogen) atoms. The minimum atomic E-state index is 1.07. The maximum Gasteiger partial charge on any atom is 0.0645 e. The summed E-state index contributed by atoms with van der Waals surface area (Å²) in [5.41, 5.74) is 8.20. The zero-order valence-corrected chi connectivity index (χ0v) is 19.4. The third-order valence-corrected chi connectivity index (χ3v) is 7.40. The van der Waals surface area contributed by atoms with Gasteiger partial charge in [-0.05, 0) is 58.3 Å². The topological polar surface area (TPSA) is 33.6 Å². The standard InChI is InChI=1S/C33H21N3/c1-2-11-26-23(9-1)28(19-30-33(26)27-12-3-5-13-29(27)35-30)21-15-16-25-24-10-4-6-14-31(24)36(32(25)18-21)22-8-7-17-34-20-22/h1-20,35H. The highest BCUT2D eigenvalue weighted by Gasteiger charge is 2.16. The number of hydrogen-bond acceptors (Lipinski definition) is 1. The van der Waals surface area contributed by atoms with Crippen LogP contribution in [0.2, 0.25) is 0 Å². The summed E-state index contributed by atoms with van der Waals surface area (Å²) in [6, 6.07) is 39.2. The van der Waals surface area contributed by atoms with Crippen molar-refractivity contribution >= 4 is 54.4 Å². The van der Waals surface area contributed by atoms with Crippen LogP contribution in [0.5, 0.6) is 0 Å². The fourth-order valence-electron chi connectivity index (χ4n) is 5.86. The summed E-state index contributed by atoms with van der Waals surface area (Å²) in [5, 5.41) is 7.58. The molecule has 0 spiro atoms. The predicted octanol–water partition coefficient (Wildman–Crippen LogP) is 8.63. The van der Waals surface area contributed by atoms with Gasteiger partial charge >= 0.3 is 0 Å². The van der Waals surface area contributed by atoms with Gasteiger partial charge in [0.25, 0.3) is 0 Å². The zero-order valence-electron chi connectivity index (χ0n) is 19.4. The molecular formula is C33H21N3. The number of pyridine rings is 1. The smallest absolute Gasteiger partial charge is 0.0645 e. The lowest BCUT2D eigenvalue weighted by Gasteiger charge is -2.11. The third kappa shape index (κ3) is 2.65. The van der Waals surface area contributed by atoms with Gasteiger partial charge < -0.3 is 9.55 Å². The Morgan fingerprint density at radius 1 is 0.556 bits per heavy atom. The van der Waals surface area contributed by atoms with Crippen molar-refractivity contribution in [2.24, 2.45) is 0 Å². The average molecular weight is 460 g/mol. The number of benzene rings is 5. The van der Waals surface area contributed by atoms with Crippen LogP contribution in [0.4, 0.5) is 0 Å². The van der Waals surface area contributed by atoms with Gasteiger partial charge in [-0.25, -0.2) is 0 Å². The Morgan fingerprint density at radius 2 is 1.31 bits per heavy atom. The van der Waals surface area contributed by atoms with Crippen LogP contribution in [0, 0.1) is 0 Å². The first-order valence-electron chi connectivity index (χ1n) is 12.2. The second-order valence-electron chi connectivity index (χ2n) is 9.36. The molecule has 8 aromatic rings. The van der Waals surface area contributed by atoms with Gasteiger partial charge in [0, 0.05) is 38.8 Å². The molecule has 0 aliphatic heterocycles. The lowest BCUT2D eigenvalue weighted by atomic mass is 9.94. The number of fused-ring (bicyclic) bond motifs is 8. The number of nitrogens with zero attached hydrogens (tertiary/aromatic N) is 2. The van der Waals surface area contributed by atoms with Crippen LogP contribution in [-0.2, 0) is 0 Å². The van der Waals surface area contributed by atoms with Gasteiger partial charge in [0.2, 0.25) is 0 Å². The van der Waals surface area contributed by atoms with Crippen molar-refractivity contribution in [3.63, 3.8) is 0 Å². The number of nitrogens with one attached hydrogen (secondary N) is 1. The average Bonchev–Trinajstić information content (AvgIpc) is 3.48. The Hall–Kier alpha value is -4.89. The van der Waals surface area contributed by atoms with E-state index in [9.17, 15) is 0 Å². The molecule has 0 amide bonds. The van der Waals surface area contributed by atoms with Crippen LogP contribution < -0.4 is 0 Å². The molecule has 0 fully saturated rings. The van der Waals surface area contributed by atoms with E-state index in [1.165, 1.54) is 60.0 Å². The van der Waals surface area contributed by atoms with Crippen molar-refractivity contribution in [2.75, 3.05) is 0 Å². The fraction of sp³-hybridized carbons (Fsp3) is 0. The maximum atomic E-state index is 4.41. The van der Waals surface area contributed by atoms with E-state index in [1.807, 2.05) is 18.5 Å². The van der Waals surface area contributed by atoms with Gasteiger partial charge in [0.15, 0.2) is 0 Å². The van der Waals surface area contributed by atoms with Crippen molar-refractivity contribution in [2.45, 2.75) is 0 Å². The normalized spacial score (nSPS) is 11.9. The molecule has 0 unspecified atom stereocenters. The van der Waals surface area contributed by atoms with Crippen molar-refractivity contribution in [3.05, 3.63) is 122 Å². The van der Waals surface area contributed by atoms with E-state index >= 15 is 0 Å². The summed E-state index contributed by atoms with van der Waals surface area (Å²) >= 11 is 0. The Balaban J connectivity index is 1.48. The lowest BCUT2D eigenvalue weighted by molar-refractivity contribution is 1.14. The molecular weight excluding hydrogens is 438 g/mol. The molecule has 3 aromatic heterocycles.